The van der Waals surface area contributed by atoms with Gasteiger partial charge >= 0.3 is 0 Å². The van der Waals surface area contributed by atoms with Gasteiger partial charge in [0, 0.05) is 12.3 Å². The van der Waals surface area contributed by atoms with Crippen LogP contribution in [0.1, 0.15) is 65.2 Å². The summed E-state index contributed by atoms with van der Waals surface area (Å²) >= 11 is 0. The average Bonchev–Trinajstić information content (AvgIpc) is 2.77. The van der Waals surface area contributed by atoms with E-state index in [-0.39, 0.29) is 29.0 Å². The van der Waals surface area contributed by atoms with Crippen molar-refractivity contribution in [1.29, 1.82) is 0 Å². The minimum Gasteiger partial charge on any atom is -0.393 e. The third-order valence-corrected chi connectivity index (χ3v) is 8.39. The lowest BCUT2D eigenvalue weighted by Crippen LogP contribution is -2.57. The molecule has 0 aliphatic heterocycles. The van der Waals surface area contributed by atoms with Gasteiger partial charge in [-0.3, -0.25) is 4.79 Å². The normalized spacial score (nSPS) is 57.9. The Morgan fingerprint density at radius 3 is 2.41 bits per heavy atom. The Hall–Kier alpha value is -0.410. The number of ketones is 1. The van der Waals surface area contributed by atoms with Gasteiger partial charge < -0.3 is 10.2 Å². The lowest BCUT2D eigenvalue weighted by atomic mass is 9.45. The highest BCUT2D eigenvalue weighted by Crippen LogP contribution is 2.65. The van der Waals surface area contributed by atoms with Gasteiger partial charge in [0.1, 0.15) is 5.78 Å². The first-order valence-electron chi connectivity index (χ1n) is 9.25. The van der Waals surface area contributed by atoms with Crippen LogP contribution in [0.15, 0.2) is 0 Å². The quantitative estimate of drug-likeness (QED) is 0.723. The molecule has 4 saturated carbocycles. The second-order valence-electron chi connectivity index (χ2n) is 9.18. The van der Waals surface area contributed by atoms with Crippen molar-refractivity contribution < 1.29 is 15.0 Å². The molecule has 4 rings (SSSR count). The Kier molecular flexibility index (Phi) is 3.30. The Morgan fingerprint density at radius 1 is 0.955 bits per heavy atom. The van der Waals surface area contributed by atoms with E-state index in [4.69, 9.17) is 0 Å². The number of aliphatic hydroxyl groups excluding tert-OH is 2. The van der Waals surface area contributed by atoms with Crippen LogP contribution in [0.3, 0.4) is 0 Å². The van der Waals surface area contributed by atoms with Crippen molar-refractivity contribution in [3.8, 4) is 0 Å². The Morgan fingerprint density at radius 2 is 1.64 bits per heavy atom. The molecule has 0 aromatic carbocycles. The van der Waals surface area contributed by atoms with Gasteiger partial charge in [-0.1, -0.05) is 13.8 Å². The highest BCUT2D eigenvalue weighted by Gasteiger charge is 2.62. The minimum absolute atomic E-state index is 0.0335. The van der Waals surface area contributed by atoms with Crippen LogP contribution in [0.4, 0.5) is 0 Å². The van der Waals surface area contributed by atoms with Gasteiger partial charge in [0.25, 0.3) is 0 Å². The van der Waals surface area contributed by atoms with Gasteiger partial charge in [0.2, 0.25) is 0 Å². The second-order valence-corrected chi connectivity index (χ2v) is 9.18. The number of carbonyl (C=O) groups excluding carboxylic acids is 1. The molecule has 3 heteroatoms. The van der Waals surface area contributed by atoms with E-state index in [1.54, 1.807) is 0 Å². The number of aliphatic hydroxyl groups is 2. The van der Waals surface area contributed by atoms with Crippen molar-refractivity contribution in [3.05, 3.63) is 0 Å². The maximum atomic E-state index is 13.0. The molecule has 0 amide bonds. The number of carbonyl (C=O) groups is 1. The minimum atomic E-state index is -0.218. The number of Topliss-reactive ketones (excluding diaryl/α,β-unsaturated/α-hetero) is 1. The summed E-state index contributed by atoms with van der Waals surface area (Å²) in [6.07, 6.45) is 7.07. The number of rotatable bonds is 0. The topological polar surface area (TPSA) is 57.5 Å². The molecule has 4 aliphatic rings. The fourth-order valence-corrected chi connectivity index (χ4v) is 6.88. The summed E-state index contributed by atoms with van der Waals surface area (Å²) < 4.78 is 0. The van der Waals surface area contributed by atoms with Crippen LogP contribution in [0.5, 0.6) is 0 Å². The largest absolute Gasteiger partial charge is 0.393 e. The van der Waals surface area contributed by atoms with Crippen LogP contribution >= 0.6 is 0 Å². The first-order valence-corrected chi connectivity index (χ1v) is 9.25. The van der Waals surface area contributed by atoms with Crippen LogP contribution in [0, 0.1) is 34.5 Å². The lowest BCUT2D eigenvalue weighted by molar-refractivity contribution is -0.162. The molecular weight excluding hydrogens is 276 g/mol. The molecule has 0 aromatic rings. The van der Waals surface area contributed by atoms with Gasteiger partial charge in [-0.05, 0) is 73.5 Å². The van der Waals surface area contributed by atoms with Crippen molar-refractivity contribution in [1.82, 2.24) is 0 Å². The molecule has 0 heterocycles. The summed E-state index contributed by atoms with van der Waals surface area (Å²) in [5.74, 6) is 1.85. The predicted octanol–water partition coefficient (Wildman–Crippen LogP) is 2.93. The van der Waals surface area contributed by atoms with Crippen molar-refractivity contribution >= 4 is 5.78 Å². The SMILES string of the molecule is C[C@]12CC[C@H](O)C[C@@H]1CC(=O)[C@@H]1[C@@H]2CC[C@]2(C)[C@@H](O)CC[C@@H]12. The molecule has 2 N–H and O–H groups in total. The monoisotopic (exact) mass is 306 g/mol. The fraction of sp³-hybridized carbons (Fsp3) is 0.947. The fourth-order valence-electron chi connectivity index (χ4n) is 6.88. The second kappa shape index (κ2) is 4.80. The third-order valence-electron chi connectivity index (χ3n) is 8.39. The average molecular weight is 306 g/mol. The molecule has 0 radical (unpaired) electrons. The summed E-state index contributed by atoms with van der Waals surface area (Å²) in [5.41, 5.74) is 0.195. The molecule has 4 aliphatic carbocycles. The van der Waals surface area contributed by atoms with E-state index in [2.05, 4.69) is 13.8 Å². The summed E-state index contributed by atoms with van der Waals surface area (Å²) in [7, 11) is 0. The zero-order chi connectivity index (χ0) is 15.7. The van der Waals surface area contributed by atoms with Crippen LogP contribution in [0.25, 0.3) is 0 Å². The summed E-state index contributed by atoms with van der Waals surface area (Å²) in [4.78, 5) is 13.0. The van der Waals surface area contributed by atoms with E-state index < -0.39 is 0 Å². The molecule has 4 fully saturated rings. The molecule has 22 heavy (non-hydrogen) atoms. The molecular formula is C19H30O3. The van der Waals surface area contributed by atoms with Crippen molar-refractivity contribution in [2.24, 2.45) is 34.5 Å². The molecule has 0 saturated heterocycles. The molecule has 3 nitrogen and oxygen atoms in total. The Bertz CT molecular complexity index is 489. The molecule has 0 spiro atoms. The van der Waals surface area contributed by atoms with Crippen molar-refractivity contribution in [2.45, 2.75) is 77.4 Å². The summed E-state index contributed by atoms with van der Waals surface area (Å²) in [5, 5.41) is 20.5. The smallest absolute Gasteiger partial charge is 0.136 e. The van der Waals surface area contributed by atoms with Crippen LogP contribution in [-0.2, 0) is 4.79 Å². The molecule has 8 atom stereocenters. The first-order chi connectivity index (χ1) is 10.4. The zero-order valence-corrected chi connectivity index (χ0v) is 13.9. The van der Waals surface area contributed by atoms with E-state index >= 15 is 0 Å². The van der Waals surface area contributed by atoms with Crippen molar-refractivity contribution in [3.63, 3.8) is 0 Å². The maximum absolute atomic E-state index is 13.0. The molecule has 0 unspecified atom stereocenters. The highest BCUT2D eigenvalue weighted by atomic mass is 16.3. The van der Waals surface area contributed by atoms with Crippen LogP contribution in [-0.4, -0.2) is 28.2 Å². The van der Waals surface area contributed by atoms with Gasteiger partial charge in [-0.2, -0.15) is 0 Å². The van der Waals surface area contributed by atoms with Gasteiger partial charge in [0.05, 0.1) is 12.2 Å². The molecule has 124 valence electrons. The van der Waals surface area contributed by atoms with E-state index in [1.807, 2.05) is 0 Å². The highest BCUT2D eigenvalue weighted by molar-refractivity contribution is 5.83. The molecule has 0 aromatic heterocycles. The van der Waals surface area contributed by atoms with Crippen LogP contribution in [0.2, 0.25) is 0 Å². The Labute approximate surface area is 133 Å². The third kappa shape index (κ3) is 1.84. The zero-order valence-electron chi connectivity index (χ0n) is 13.9. The van der Waals surface area contributed by atoms with Crippen LogP contribution < -0.4 is 0 Å². The number of fused-ring (bicyclic) bond motifs is 5. The summed E-state index contributed by atoms with van der Waals surface area (Å²) in [6, 6.07) is 0. The standard InChI is InChI=1S/C19H30O3/c1-18-7-5-12(20)9-11(18)10-15(21)17-13-3-4-16(22)19(13,2)8-6-14(17)18/h11-14,16-17,20,22H,3-10H2,1-2H3/t11-,12+,13+,14+,16+,17+,18+,19+/m1/s1. The maximum Gasteiger partial charge on any atom is 0.136 e. The van der Waals surface area contributed by atoms with E-state index in [1.165, 1.54) is 0 Å². The predicted molar refractivity (Wildman–Crippen MR) is 84.1 cm³/mol. The Balaban J connectivity index is 1.69. The van der Waals surface area contributed by atoms with Gasteiger partial charge in [-0.25, -0.2) is 0 Å². The lowest BCUT2D eigenvalue weighted by Gasteiger charge is -2.59. The van der Waals surface area contributed by atoms with Gasteiger partial charge in [-0.15, -0.1) is 0 Å². The number of hydrogen-bond acceptors (Lipinski definition) is 3. The van der Waals surface area contributed by atoms with Gasteiger partial charge in [0.15, 0.2) is 0 Å². The number of hydrogen-bond donors (Lipinski definition) is 2. The van der Waals surface area contributed by atoms with Crippen molar-refractivity contribution in [2.75, 3.05) is 0 Å². The van der Waals surface area contributed by atoms with E-state index in [0.717, 1.165) is 44.9 Å². The summed E-state index contributed by atoms with van der Waals surface area (Å²) in [6.45, 7) is 4.61. The van der Waals surface area contributed by atoms with E-state index in [0.29, 0.717) is 30.0 Å². The molecule has 0 bridgehead atoms. The first kappa shape index (κ1) is 15.1. The van der Waals surface area contributed by atoms with E-state index in [9.17, 15) is 15.0 Å².